The van der Waals surface area contributed by atoms with Gasteiger partial charge in [0.1, 0.15) is 72.6 Å². The quantitative estimate of drug-likeness (QED) is 0.0230. The van der Waals surface area contributed by atoms with E-state index in [4.69, 9.17) is 16.2 Å². The average Bonchev–Trinajstić information content (AvgIpc) is 1.63. The fraction of sp³-hybridized carbons (Fsp3) is 0.616. The average molecular weight is 1630 g/mol. The molecule has 1 aromatic carbocycles. The molecule has 1 aliphatic heterocycles. The van der Waals surface area contributed by atoms with Crippen LogP contribution in [0.25, 0.3) is 10.9 Å². The standard InChI is InChI=1S/C73H110N16O26/c1-9-36(3)19-13-11-12-14-23-52(91)79-46(28-41-33-76-43-21-16-15-20-42(41)43)67(108)82-45(24-25-55(94)95)66(107)85-50(32-59(102)103)70(111)88-62-40(7)115-73(114)61(37(4)10-2)87-71(112)60(38(5)27-56(96)97)86-69(110)47(29-51(75)90)80-53(92)34-77-64(105)48(30-57(98)99)84-65(106)44(22-17-18-26-74)81-68(109)49(31-58(100)101)83-63(104)39(6)78-54(93)35-89(8)72(62)113/h15-16,20-21,33,36-40,44-50,60-62,76H,9-14,17-19,22-32,34-35,74H2,1-8H3,(H2,75,90)(H,77,105)(H,78,93)(H,79,91)(H,80,92)(H,81,109)(H,82,108)(H,83,104)(H,84,106)(H,85,107)(H,86,110)(H,87,112)(H,88,111)(H,94,95)(H,96,97)(H,98,99)(H,100,101)(H,102,103)/t36?,37?,38?,39-,40-,44+,45+,46-,47+,48-,49-,50-,60-,61-,62-/m0/s1. The van der Waals surface area contributed by atoms with Gasteiger partial charge in [0.25, 0.3) is 0 Å². The summed E-state index contributed by atoms with van der Waals surface area (Å²) in [5.41, 5.74) is 12.3. The first-order valence-corrected chi connectivity index (χ1v) is 37.8. The Labute approximate surface area is 661 Å². The van der Waals surface area contributed by atoms with Crippen molar-refractivity contribution in [1.82, 2.24) is 73.7 Å². The molecule has 3 unspecified atom stereocenters. The Morgan fingerprint density at radius 1 is 0.557 bits per heavy atom. The van der Waals surface area contributed by atoms with Crippen molar-refractivity contribution in [2.45, 2.75) is 243 Å². The number of carbonyl (C=O) groups excluding carboxylic acids is 15. The number of hydrogen-bond acceptors (Lipinski definition) is 22. The number of carboxylic acids is 5. The van der Waals surface area contributed by atoms with E-state index >= 15 is 0 Å². The van der Waals surface area contributed by atoms with Crippen LogP contribution in [0.3, 0.4) is 0 Å². The topological polar surface area (TPSA) is 667 Å². The van der Waals surface area contributed by atoms with Gasteiger partial charge in [-0.25, -0.2) is 4.79 Å². The molecule has 1 aromatic heterocycles. The van der Waals surface area contributed by atoms with Gasteiger partial charge in [-0.2, -0.15) is 0 Å². The van der Waals surface area contributed by atoms with Crippen LogP contribution >= 0.6 is 0 Å². The van der Waals surface area contributed by atoms with Crippen molar-refractivity contribution >= 4 is 129 Å². The van der Waals surface area contributed by atoms with Crippen molar-refractivity contribution in [2.75, 3.05) is 26.7 Å². The number of likely N-dealkylation sites (N-methyl/N-ethyl adjacent to an activating group) is 1. The number of aromatic amines is 1. The third-order valence-corrected chi connectivity index (χ3v) is 18.9. The lowest BCUT2D eigenvalue weighted by molar-refractivity contribution is -0.159. The number of esters is 1. The zero-order chi connectivity index (χ0) is 86.5. The summed E-state index contributed by atoms with van der Waals surface area (Å²) in [6.45, 7) is 8.07. The number of carboxylic acid groups (broad SMARTS) is 5. The molecule has 0 bridgehead atoms. The Morgan fingerprint density at radius 3 is 1.74 bits per heavy atom. The molecule has 2 heterocycles. The van der Waals surface area contributed by atoms with Crippen LogP contribution in [-0.2, 0) is 107 Å². The van der Waals surface area contributed by atoms with E-state index in [1.165, 1.54) is 13.8 Å². The van der Waals surface area contributed by atoms with E-state index < -0.39 is 261 Å². The van der Waals surface area contributed by atoms with Crippen LogP contribution in [0.4, 0.5) is 0 Å². The van der Waals surface area contributed by atoms with E-state index in [1.807, 2.05) is 5.32 Å². The zero-order valence-corrected chi connectivity index (χ0v) is 65.5. The second-order valence-corrected chi connectivity index (χ2v) is 28.5. The van der Waals surface area contributed by atoms with Crippen LogP contribution in [0.1, 0.15) is 170 Å². The Hall–Kier alpha value is -11.9. The van der Waals surface area contributed by atoms with E-state index in [0.29, 0.717) is 40.1 Å². The maximum atomic E-state index is 15.0. The van der Waals surface area contributed by atoms with E-state index in [-0.39, 0.29) is 45.1 Å². The van der Waals surface area contributed by atoms with Crippen molar-refractivity contribution < 1.29 is 126 Å². The minimum atomic E-state index is -2.31. The molecule has 0 spiro atoms. The summed E-state index contributed by atoms with van der Waals surface area (Å²) in [5.74, 6) is -29.4. The highest BCUT2D eigenvalue weighted by molar-refractivity contribution is 6.02. The van der Waals surface area contributed by atoms with Crippen LogP contribution in [0.2, 0.25) is 0 Å². The number of nitrogens with two attached hydrogens (primary N) is 2. The van der Waals surface area contributed by atoms with Crippen LogP contribution in [-0.4, -0.2) is 253 Å². The van der Waals surface area contributed by atoms with Crippen molar-refractivity contribution in [3.8, 4) is 0 Å². The fourth-order valence-electron chi connectivity index (χ4n) is 12.0. The summed E-state index contributed by atoms with van der Waals surface area (Å²) in [5, 5.41) is 77.2. The molecule has 638 valence electrons. The molecule has 42 nitrogen and oxygen atoms in total. The van der Waals surface area contributed by atoms with Crippen molar-refractivity contribution in [1.29, 1.82) is 0 Å². The number of amides is 14. The highest BCUT2D eigenvalue weighted by atomic mass is 16.5. The van der Waals surface area contributed by atoms with Crippen molar-refractivity contribution in [2.24, 2.45) is 29.2 Å². The highest BCUT2D eigenvalue weighted by Crippen LogP contribution is 2.22. The van der Waals surface area contributed by atoms with Crippen molar-refractivity contribution in [3.63, 3.8) is 0 Å². The van der Waals surface area contributed by atoms with Gasteiger partial charge in [0, 0.05) is 43.4 Å². The number of nitrogens with one attached hydrogen (secondary N) is 13. The minimum absolute atomic E-state index is 0.00626. The van der Waals surface area contributed by atoms with Crippen LogP contribution in [0, 0.1) is 17.8 Å². The molecular formula is C73H110N16O26. The number of fused-ring (bicyclic) bond motifs is 1. The molecule has 1 saturated heterocycles. The number of H-pyrrole nitrogens is 1. The first-order chi connectivity index (χ1) is 54.1. The number of ether oxygens (including phenoxy) is 1. The minimum Gasteiger partial charge on any atom is -0.481 e. The van der Waals surface area contributed by atoms with Gasteiger partial charge in [-0.05, 0) is 81.9 Å². The molecule has 14 amide bonds. The number of rotatable bonds is 37. The predicted molar refractivity (Wildman–Crippen MR) is 403 cm³/mol. The molecule has 0 saturated carbocycles. The summed E-state index contributed by atoms with van der Waals surface area (Å²) < 4.78 is 5.79. The lowest BCUT2D eigenvalue weighted by atomic mass is 9.94. The van der Waals surface area contributed by atoms with Gasteiger partial charge in [0.15, 0.2) is 0 Å². The molecule has 115 heavy (non-hydrogen) atoms. The summed E-state index contributed by atoms with van der Waals surface area (Å²) in [6, 6.07) is -14.6. The summed E-state index contributed by atoms with van der Waals surface area (Å²) >= 11 is 0. The SMILES string of the molecule is CCC(C)CCCCCCC(=O)N[C@@H](Cc1c[nH]c2ccccc12)C(=O)N[C@H](CCC(=O)O)C(=O)N[C@@H](CC(=O)O)C(=O)N[C@@H]1C(=O)N(C)CC(=O)N[C@@H](C)C(=O)N[C@@H](CC(=O)O)C(=O)N[C@H](CCCCN)C(=O)N[C@@H](CC(=O)O)C(=O)NCC(=O)N[C@H](CC(N)=O)C(=O)N[C@@H](C(C)CC(=O)O)C(=O)N[C@@H](C(C)CC)C(=O)O[C@H]1C. The molecule has 1 aliphatic rings. The van der Waals surface area contributed by atoms with Gasteiger partial charge in [0.2, 0.25) is 82.7 Å². The molecule has 1 fully saturated rings. The Morgan fingerprint density at radius 2 is 1.13 bits per heavy atom. The molecule has 22 N–H and O–H groups in total. The highest BCUT2D eigenvalue weighted by Gasteiger charge is 2.42. The molecule has 0 radical (unpaired) electrons. The first kappa shape index (κ1) is 97.3. The van der Waals surface area contributed by atoms with Crippen molar-refractivity contribution in [3.05, 3.63) is 36.0 Å². The molecule has 0 aliphatic carbocycles. The van der Waals surface area contributed by atoms with Gasteiger partial charge in [0.05, 0.1) is 45.2 Å². The van der Waals surface area contributed by atoms with E-state index in [1.54, 1.807) is 30.5 Å². The lowest BCUT2D eigenvalue weighted by Crippen LogP contribution is -2.62. The van der Waals surface area contributed by atoms with Gasteiger partial charge in [-0.1, -0.05) is 91.3 Å². The number of carbonyl (C=O) groups is 20. The van der Waals surface area contributed by atoms with E-state index in [9.17, 15) is 121 Å². The number of aromatic nitrogens is 1. The smallest absolute Gasteiger partial charge is 0.329 e. The maximum Gasteiger partial charge on any atom is 0.329 e. The normalized spacial score (nSPS) is 21.9. The largest absolute Gasteiger partial charge is 0.481 e. The first-order valence-electron chi connectivity index (χ1n) is 37.8. The number of benzene rings is 1. The number of primary amides is 1. The number of para-hydroxylation sites is 1. The van der Waals surface area contributed by atoms with Crippen LogP contribution in [0.15, 0.2) is 30.5 Å². The lowest BCUT2D eigenvalue weighted by Gasteiger charge is -2.32. The maximum absolute atomic E-state index is 15.0. The monoisotopic (exact) mass is 1630 g/mol. The third kappa shape index (κ3) is 34.6. The van der Waals surface area contributed by atoms with E-state index in [2.05, 4.69) is 77.3 Å². The molecule has 2 aromatic rings. The third-order valence-electron chi connectivity index (χ3n) is 18.9. The fourth-order valence-corrected chi connectivity index (χ4v) is 12.0. The van der Waals surface area contributed by atoms with Gasteiger partial charge in [-0.3, -0.25) is 91.1 Å². The number of aliphatic carboxylic acids is 5. The number of hydrogen-bond donors (Lipinski definition) is 20. The summed E-state index contributed by atoms with van der Waals surface area (Å²) in [4.78, 5) is 276. The second kappa shape index (κ2) is 48.9. The van der Waals surface area contributed by atoms with E-state index in [0.717, 1.165) is 53.5 Å². The molecular weight excluding hydrogens is 1520 g/mol. The summed E-state index contributed by atoms with van der Waals surface area (Å²) in [7, 11) is 0.930. The Kier molecular flexibility index (Phi) is 41.4. The summed E-state index contributed by atoms with van der Waals surface area (Å²) in [6.07, 6.45) is -3.03. The van der Waals surface area contributed by atoms with Crippen LogP contribution < -0.4 is 75.3 Å². The van der Waals surface area contributed by atoms with Gasteiger partial charge in [-0.15, -0.1) is 0 Å². The second-order valence-electron chi connectivity index (χ2n) is 28.5. The number of unbranched alkanes of at least 4 members (excludes halogenated alkanes) is 4. The molecule has 15 atom stereocenters. The predicted octanol–water partition coefficient (Wildman–Crippen LogP) is -3.58. The van der Waals surface area contributed by atoms with Gasteiger partial charge >= 0.3 is 35.8 Å². The molecule has 3 rings (SSSR count). The molecule has 42 heteroatoms. The number of cyclic esters (lactones) is 1. The van der Waals surface area contributed by atoms with Crippen LogP contribution in [0.5, 0.6) is 0 Å². The number of nitrogens with zero attached hydrogens (tertiary/aromatic N) is 1. The zero-order valence-electron chi connectivity index (χ0n) is 65.5. The van der Waals surface area contributed by atoms with Gasteiger partial charge < -0.3 is 115 Å². The Balaban J connectivity index is 2.25. The Bertz CT molecular complexity index is 3820.